The second kappa shape index (κ2) is 5.99. The number of benzene rings is 1. The number of anilines is 1. The summed E-state index contributed by atoms with van der Waals surface area (Å²) in [5, 5.41) is 0. The number of nitrogen functional groups attached to an aromatic ring is 1. The van der Waals surface area contributed by atoms with E-state index in [1.54, 1.807) is 7.11 Å². The van der Waals surface area contributed by atoms with Crippen LogP contribution in [0.1, 0.15) is 31.7 Å². The smallest absolute Gasteiger partial charge is 0.131 e. The van der Waals surface area contributed by atoms with Crippen LogP contribution in [0, 0.1) is 6.92 Å². The highest BCUT2D eigenvalue weighted by atomic mass is 16.5. The second-order valence-electron chi connectivity index (χ2n) is 4.94. The molecule has 108 valence electrons. The van der Waals surface area contributed by atoms with Gasteiger partial charge in [-0.05, 0) is 44.0 Å². The molecule has 1 aromatic heterocycles. The normalized spacial score (nSPS) is 10.8. The van der Waals surface area contributed by atoms with Crippen molar-refractivity contribution in [3.8, 4) is 17.0 Å². The Kier molecular flexibility index (Phi) is 4.32. The number of rotatable bonds is 5. The Morgan fingerprint density at radius 3 is 2.60 bits per heavy atom. The van der Waals surface area contributed by atoms with Crippen LogP contribution in [0.2, 0.25) is 0 Å². The summed E-state index contributed by atoms with van der Waals surface area (Å²) in [5.74, 6) is 2.70. The van der Waals surface area contributed by atoms with E-state index in [0.717, 1.165) is 53.6 Å². The van der Waals surface area contributed by atoms with Crippen LogP contribution < -0.4 is 10.5 Å². The molecule has 2 N–H and O–H groups in total. The van der Waals surface area contributed by atoms with Gasteiger partial charge in [-0.2, -0.15) is 0 Å². The predicted molar refractivity (Wildman–Crippen MR) is 83.0 cm³/mol. The predicted octanol–water partition coefficient (Wildman–Crippen LogP) is 3.42. The fourth-order valence-electron chi connectivity index (χ4n) is 2.52. The summed E-state index contributed by atoms with van der Waals surface area (Å²) in [5.41, 5.74) is 9.28. The number of hydrogen-bond acceptors (Lipinski definition) is 3. The van der Waals surface area contributed by atoms with Gasteiger partial charge in [-0.15, -0.1) is 0 Å². The highest BCUT2D eigenvalue weighted by molar-refractivity contribution is 5.72. The number of hydrogen-bond donors (Lipinski definition) is 1. The maximum atomic E-state index is 6.27. The first-order valence-corrected chi connectivity index (χ1v) is 7.12. The minimum Gasteiger partial charge on any atom is -0.496 e. The van der Waals surface area contributed by atoms with Crippen LogP contribution in [0.3, 0.4) is 0 Å². The van der Waals surface area contributed by atoms with Gasteiger partial charge in [-0.25, -0.2) is 4.98 Å². The van der Waals surface area contributed by atoms with Crippen molar-refractivity contribution >= 4 is 5.82 Å². The van der Waals surface area contributed by atoms with Crippen molar-refractivity contribution in [3.63, 3.8) is 0 Å². The van der Waals surface area contributed by atoms with Crippen molar-refractivity contribution < 1.29 is 4.74 Å². The fourth-order valence-corrected chi connectivity index (χ4v) is 2.52. The molecule has 0 amide bonds. The molecule has 0 radical (unpaired) electrons. The van der Waals surface area contributed by atoms with Crippen LogP contribution in [0.25, 0.3) is 11.3 Å². The minimum absolute atomic E-state index is 0.750. The lowest BCUT2D eigenvalue weighted by Gasteiger charge is -2.07. The fraction of sp³-hybridized carbons (Fsp3) is 0.438. The second-order valence-corrected chi connectivity index (χ2v) is 4.94. The zero-order valence-corrected chi connectivity index (χ0v) is 12.7. The van der Waals surface area contributed by atoms with Gasteiger partial charge < -0.3 is 15.0 Å². The van der Waals surface area contributed by atoms with Crippen LogP contribution in [-0.2, 0) is 13.0 Å². The van der Waals surface area contributed by atoms with E-state index in [4.69, 9.17) is 15.5 Å². The number of nitrogens with zero attached hydrogens (tertiary/aromatic N) is 2. The molecule has 0 spiro atoms. The zero-order chi connectivity index (χ0) is 14.7. The molecule has 20 heavy (non-hydrogen) atoms. The maximum absolute atomic E-state index is 6.27. The van der Waals surface area contributed by atoms with Gasteiger partial charge in [0.15, 0.2) is 0 Å². The average Bonchev–Trinajstić information content (AvgIpc) is 2.75. The molecule has 2 aromatic rings. The van der Waals surface area contributed by atoms with E-state index < -0.39 is 0 Å². The van der Waals surface area contributed by atoms with E-state index in [9.17, 15) is 0 Å². The summed E-state index contributed by atoms with van der Waals surface area (Å²) in [6, 6.07) is 6.06. The maximum Gasteiger partial charge on any atom is 0.131 e. The molecule has 4 nitrogen and oxygen atoms in total. The molecular formula is C16H23N3O. The number of ether oxygens (including phenoxy) is 1. The third-order valence-electron chi connectivity index (χ3n) is 3.54. The molecule has 1 heterocycles. The molecule has 1 aromatic carbocycles. The van der Waals surface area contributed by atoms with Crippen molar-refractivity contribution in [2.24, 2.45) is 0 Å². The number of aryl methyl sites for hydroxylation is 2. The van der Waals surface area contributed by atoms with Crippen LogP contribution in [0.5, 0.6) is 5.75 Å². The standard InChI is InChI=1S/C16H23N3O/c1-5-7-14-18-15(16(17)19(14)6-2)12-8-9-13(20-4)11(3)10-12/h8-10H,5-7,17H2,1-4H3. The van der Waals surface area contributed by atoms with Crippen molar-refractivity contribution in [1.29, 1.82) is 0 Å². The van der Waals surface area contributed by atoms with E-state index in [1.807, 2.05) is 19.1 Å². The lowest BCUT2D eigenvalue weighted by molar-refractivity contribution is 0.412. The largest absolute Gasteiger partial charge is 0.496 e. The Balaban J connectivity index is 2.49. The Morgan fingerprint density at radius 2 is 2.05 bits per heavy atom. The summed E-state index contributed by atoms with van der Waals surface area (Å²) in [6.07, 6.45) is 2.02. The van der Waals surface area contributed by atoms with E-state index in [1.165, 1.54) is 0 Å². The summed E-state index contributed by atoms with van der Waals surface area (Å²) in [7, 11) is 1.68. The molecule has 0 unspecified atom stereocenters. The van der Waals surface area contributed by atoms with Crippen LogP contribution in [-0.4, -0.2) is 16.7 Å². The summed E-state index contributed by atoms with van der Waals surface area (Å²) >= 11 is 0. The highest BCUT2D eigenvalue weighted by Crippen LogP contribution is 2.30. The molecular weight excluding hydrogens is 250 g/mol. The third-order valence-corrected chi connectivity index (χ3v) is 3.54. The molecule has 0 fully saturated rings. The summed E-state index contributed by atoms with van der Waals surface area (Å²) < 4.78 is 7.39. The van der Waals surface area contributed by atoms with Gasteiger partial charge in [0.25, 0.3) is 0 Å². The monoisotopic (exact) mass is 273 g/mol. The topological polar surface area (TPSA) is 53.1 Å². The Bertz CT molecular complexity index is 602. The number of imidazole rings is 1. The molecule has 0 atom stereocenters. The van der Waals surface area contributed by atoms with Crippen molar-refractivity contribution in [2.45, 2.75) is 40.2 Å². The first kappa shape index (κ1) is 14.4. The minimum atomic E-state index is 0.750. The number of methoxy groups -OCH3 is 1. The quantitative estimate of drug-likeness (QED) is 0.908. The summed E-state index contributed by atoms with van der Waals surface area (Å²) in [4.78, 5) is 4.73. The Labute approximate surface area is 120 Å². The van der Waals surface area contributed by atoms with Crippen molar-refractivity contribution in [2.75, 3.05) is 12.8 Å². The lowest BCUT2D eigenvalue weighted by atomic mass is 10.1. The van der Waals surface area contributed by atoms with Crippen LogP contribution in [0.15, 0.2) is 18.2 Å². The molecule has 0 saturated carbocycles. The van der Waals surface area contributed by atoms with Crippen molar-refractivity contribution in [1.82, 2.24) is 9.55 Å². The van der Waals surface area contributed by atoms with Gasteiger partial charge in [0, 0.05) is 18.5 Å². The Morgan fingerprint density at radius 1 is 1.30 bits per heavy atom. The average molecular weight is 273 g/mol. The van der Waals surface area contributed by atoms with Gasteiger partial charge in [0.1, 0.15) is 23.1 Å². The molecule has 0 aliphatic rings. The number of aromatic nitrogens is 2. The molecule has 0 bridgehead atoms. The van der Waals surface area contributed by atoms with Crippen LogP contribution in [0.4, 0.5) is 5.82 Å². The molecule has 2 rings (SSSR count). The number of nitrogens with two attached hydrogens (primary N) is 1. The van der Waals surface area contributed by atoms with Crippen LogP contribution >= 0.6 is 0 Å². The molecule has 4 heteroatoms. The first-order valence-electron chi connectivity index (χ1n) is 7.12. The van der Waals surface area contributed by atoms with Gasteiger partial charge in [-0.1, -0.05) is 6.92 Å². The summed E-state index contributed by atoms with van der Waals surface area (Å²) in [6.45, 7) is 7.13. The molecule has 0 saturated heterocycles. The van der Waals surface area contributed by atoms with E-state index in [2.05, 4.69) is 24.5 Å². The van der Waals surface area contributed by atoms with Crippen molar-refractivity contribution in [3.05, 3.63) is 29.6 Å². The van der Waals surface area contributed by atoms with Gasteiger partial charge in [0.05, 0.1) is 7.11 Å². The Hall–Kier alpha value is -1.97. The third kappa shape index (κ3) is 2.50. The van der Waals surface area contributed by atoms with E-state index >= 15 is 0 Å². The zero-order valence-electron chi connectivity index (χ0n) is 12.7. The van der Waals surface area contributed by atoms with Gasteiger partial charge in [0.2, 0.25) is 0 Å². The lowest BCUT2D eigenvalue weighted by Crippen LogP contribution is -2.05. The molecule has 0 aliphatic carbocycles. The van der Waals surface area contributed by atoms with E-state index in [0.29, 0.717) is 0 Å². The van der Waals surface area contributed by atoms with E-state index in [-0.39, 0.29) is 0 Å². The molecule has 0 aliphatic heterocycles. The van der Waals surface area contributed by atoms with Gasteiger partial charge >= 0.3 is 0 Å². The first-order chi connectivity index (χ1) is 9.62. The SMILES string of the molecule is CCCc1nc(-c2ccc(OC)c(C)c2)c(N)n1CC. The van der Waals surface area contributed by atoms with Gasteiger partial charge in [-0.3, -0.25) is 0 Å². The highest BCUT2D eigenvalue weighted by Gasteiger charge is 2.15.